The largest absolute Gasteiger partial charge is 0.172 e. The molecule has 0 radical (unpaired) electrons. The van der Waals surface area contributed by atoms with E-state index in [9.17, 15) is 0 Å². The van der Waals surface area contributed by atoms with Gasteiger partial charge in [0.15, 0.2) is 0 Å². The topological polar surface area (TPSA) is 103 Å². The molecule has 8 aliphatic rings. The van der Waals surface area contributed by atoms with Crippen molar-refractivity contribution in [3.05, 3.63) is 382 Å². The number of benzene rings is 16. The van der Waals surface area contributed by atoms with E-state index in [0.29, 0.717) is 0 Å². The summed E-state index contributed by atoms with van der Waals surface area (Å²) < 4.78 is 41.9. The first kappa shape index (κ1) is 91.5. The van der Waals surface area contributed by atoms with E-state index >= 15 is 0 Å². The quantitative estimate of drug-likeness (QED) is 0.0478. The highest BCUT2D eigenvalue weighted by Crippen LogP contribution is 2.76. The maximum Gasteiger partial charge on any atom is 0.113 e. The molecule has 8 nitrogen and oxygen atoms in total. The van der Waals surface area contributed by atoms with Crippen molar-refractivity contribution in [1.82, 2.24) is 35.0 Å². The van der Waals surface area contributed by atoms with Crippen molar-refractivity contribution in [3.63, 3.8) is 0 Å². The molecule has 28 rings (SSSR count). The Balaban J connectivity index is 0.595. The van der Waals surface area contributed by atoms with Crippen LogP contribution in [0.1, 0.15) is 263 Å². The molecule has 20 aromatic rings. The summed E-state index contributed by atoms with van der Waals surface area (Å²) in [5.41, 5.74) is 53.2. The van der Waals surface area contributed by atoms with Gasteiger partial charge in [0.05, 0.1) is 46.9 Å². The number of fused-ring (bicyclic) bond motifs is 16. The first-order valence-corrected chi connectivity index (χ1v) is 57.1. The van der Waals surface area contributed by atoms with Crippen LogP contribution in [0.5, 0.6) is 0 Å². The molecule has 4 heterocycles. The third-order valence-electron chi connectivity index (χ3n) is 36.7. The van der Waals surface area contributed by atoms with E-state index in [1.54, 1.807) is 0 Å². The van der Waals surface area contributed by atoms with Gasteiger partial charge in [0.2, 0.25) is 0 Å². The summed E-state index contributed by atoms with van der Waals surface area (Å²) in [4.78, 5) is 0. The molecule has 16 aromatic carbocycles. The second-order valence-electron chi connectivity index (χ2n) is 44.5. The SMILES string of the molecule is CCCC1(CCC)c2ccccc2-c2ccc(-c3ccc(-c4ccc(C56CC7(c8ccc(-c9ccc(-c%10ccc%11c(c%10)C(CCC)(CCC)c%10ccccc%10-%11)c%10nsnc9%10)cc8)CC(c8ccc(-c9ccc(-c%10ccc%11c(c%10)C(CCC)(CCC)c%10ccccc%10-%11)c%10nsnc9%10)cc8)(C5)CC(c5ccc(-c8ccc(-c9ccc%10c(c9)C(CCC)(CCC)c9ccccc9-%10)c9nsnc89)cc5)(C6)C7)cc4)c4nsnc34)cc21. The molecule has 4 saturated carbocycles. The Kier molecular flexibility index (Phi) is 22.1. The zero-order chi connectivity index (χ0) is 98.2. The highest BCUT2D eigenvalue weighted by atomic mass is 32.1. The van der Waals surface area contributed by atoms with E-state index in [1.165, 1.54) is 180 Å². The fourth-order valence-corrected chi connectivity index (χ4v) is 34.1. The average Bonchev–Trinajstić information content (AvgIpc) is 0.825. The van der Waals surface area contributed by atoms with Crippen molar-refractivity contribution in [2.45, 2.75) is 240 Å². The van der Waals surface area contributed by atoms with Gasteiger partial charge in [0.25, 0.3) is 0 Å². The van der Waals surface area contributed by atoms with Gasteiger partial charge < -0.3 is 0 Å². The van der Waals surface area contributed by atoms with Crippen molar-refractivity contribution < 1.29 is 0 Å². The molecule has 0 amide bonds. The minimum Gasteiger partial charge on any atom is -0.172 e. The highest BCUT2D eigenvalue weighted by Gasteiger charge is 2.70. The normalized spacial score (nSPS) is 19.3. The van der Waals surface area contributed by atoms with Crippen LogP contribution in [-0.2, 0) is 43.3 Å². The van der Waals surface area contributed by atoms with Crippen LogP contribution in [0.25, 0.3) is 178 Å². The summed E-state index contributed by atoms with van der Waals surface area (Å²) in [6, 6.07) is 125. The zero-order valence-electron chi connectivity index (χ0n) is 84.8. The van der Waals surface area contributed by atoms with E-state index in [2.05, 4.69) is 371 Å². The van der Waals surface area contributed by atoms with Gasteiger partial charge in [0, 0.05) is 66.2 Å². The van der Waals surface area contributed by atoms with Crippen LogP contribution in [0.3, 0.4) is 0 Å². The fraction of sp³-hybridized carbons (Fsp3) is 0.284. The minimum absolute atomic E-state index is 0.0334. The number of aromatic nitrogens is 8. The van der Waals surface area contributed by atoms with Crippen LogP contribution in [0.15, 0.2) is 315 Å². The molecular weight excluding hydrogens is 1850 g/mol. The number of hydrogen-bond donors (Lipinski definition) is 0. The van der Waals surface area contributed by atoms with Gasteiger partial charge in [-0.2, -0.15) is 35.0 Å². The Hall–Kier alpha value is -13.2. The first-order valence-electron chi connectivity index (χ1n) is 54.2. The molecule has 146 heavy (non-hydrogen) atoms. The Bertz CT molecular complexity index is 7550. The van der Waals surface area contributed by atoms with Crippen molar-refractivity contribution in [1.29, 1.82) is 0 Å². The van der Waals surface area contributed by atoms with Gasteiger partial charge in [-0.25, -0.2) is 0 Å². The Labute approximate surface area is 874 Å². The van der Waals surface area contributed by atoms with E-state index in [0.717, 1.165) is 252 Å². The van der Waals surface area contributed by atoms with Crippen molar-refractivity contribution in [2.75, 3.05) is 0 Å². The summed E-state index contributed by atoms with van der Waals surface area (Å²) in [5, 5.41) is 0. The van der Waals surface area contributed by atoms with E-state index < -0.39 is 0 Å². The summed E-state index contributed by atoms with van der Waals surface area (Å²) in [5.74, 6) is 0. The molecule has 720 valence electrons. The first-order chi connectivity index (χ1) is 71.7. The Morgan fingerprint density at radius 2 is 0.315 bits per heavy atom. The summed E-state index contributed by atoms with van der Waals surface area (Å²) in [6.45, 7) is 18.8. The summed E-state index contributed by atoms with van der Waals surface area (Å²) in [6.07, 6.45) is 23.9. The number of hydrogen-bond acceptors (Lipinski definition) is 12. The maximum atomic E-state index is 5.25. The molecule has 4 bridgehead atoms. The molecule has 0 N–H and O–H groups in total. The second kappa shape index (κ2) is 35.3. The molecule has 4 aromatic heterocycles. The summed E-state index contributed by atoms with van der Waals surface area (Å²) in [7, 11) is 0. The highest BCUT2D eigenvalue weighted by molar-refractivity contribution is 7.01. The van der Waals surface area contributed by atoms with Gasteiger partial charge >= 0.3 is 0 Å². The lowest BCUT2D eigenvalue weighted by Crippen LogP contribution is -2.67. The van der Waals surface area contributed by atoms with Gasteiger partial charge in [-0.15, -0.1) is 0 Å². The van der Waals surface area contributed by atoms with E-state index in [-0.39, 0.29) is 43.3 Å². The standard InChI is InChI=1S/C134H120N8S4/c1-9-65-131(66-10-2)111-29-21-17-25-103(111)107-53-41-87(73-115(107)131)99-61-57-95(119-123(99)139-143-135-119)83-33-45-91(46-34-83)127-77-128(92-47-35-84(36-48-92)96-58-62-100(124-120(96)136-144-140-124)88-42-54-108-104-26-18-22-30-112(104)132(67-11-3,68-12-4)116(108)74-88)80-129(78-127,93-49-37-85(38-50-93)97-59-63-101(125-121(97)137-145-141-125)89-43-55-109-105-27-19-23-31-113(105)133(69-13-5,70-14-6)117(109)75-89)82-130(79-127,81-128)94-51-39-86(40-52-94)98-60-64-102(126-122(98)138-146-142-126)90-44-56-110-106-28-20-24-32-114(106)134(71-15-7,72-16-8)118(110)76-90/h17-64,73-76H,9-16,65-72,77-82H2,1-8H3. The van der Waals surface area contributed by atoms with Crippen LogP contribution >= 0.6 is 46.9 Å². The molecule has 0 saturated heterocycles. The van der Waals surface area contributed by atoms with Crippen molar-refractivity contribution >= 4 is 91.0 Å². The molecule has 0 aliphatic heterocycles. The third-order valence-corrected chi connectivity index (χ3v) is 38.8. The maximum absolute atomic E-state index is 5.25. The molecule has 0 atom stereocenters. The lowest BCUT2D eigenvalue weighted by molar-refractivity contribution is -0.0691. The van der Waals surface area contributed by atoms with Crippen LogP contribution < -0.4 is 0 Å². The molecular formula is C134H120N8S4. The van der Waals surface area contributed by atoms with Crippen LogP contribution in [0.4, 0.5) is 0 Å². The molecule has 4 fully saturated rings. The second-order valence-corrected chi connectivity index (χ2v) is 46.6. The smallest absolute Gasteiger partial charge is 0.113 e. The summed E-state index contributed by atoms with van der Waals surface area (Å²) >= 11 is 5.32. The number of nitrogens with zero attached hydrogens (tertiary/aromatic N) is 8. The predicted octanol–water partition coefficient (Wildman–Crippen LogP) is 36.9. The van der Waals surface area contributed by atoms with Crippen molar-refractivity contribution in [3.8, 4) is 134 Å². The molecule has 8 aliphatic carbocycles. The van der Waals surface area contributed by atoms with E-state index in [4.69, 9.17) is 35.0 Å². The Morgan fingerprint density at radius 3 is 0.493 bits per heavy atom. The zero-order valence-corrected chi connectivity index (χ0v) is 88.1. The van der Waals surface area contributed by atoms with Gasteiger partial charge in [-0.3, -0.25) is 0 Å². The molecule has 12 heteroatoms. The average molecular weight is 1970 g/mol. The molecule has 0 unspecified atom stereocenters. The number of rotatable bonds is 28. The monoisotopic (exact) mass is 1970 g/mol. The van der Waals surface area contributed by atoms with Crippen molar-refractivity contribution in [2.24, 2.45) is 0 Å². The predicted molar refractivity (Wildman–Crippen MR) is 612 cm³/mol. The third kappa shape index (κ3) is 13.6. The van der Waals surface area contributed by atoms with Crippen LogP contribution in [-0.4, -0.2) is 35.0 Å². The van der Waals surface area contributed by atoms with Crippen LogP contribution in [0, 0.1) is 0 Å². The van der Waals surface area contributed by atoms with Crippen LogP contribution in [0.2, 0.25) is 0 Å². The lowest BCUT2D eigenvalue weighted by Gasteiger charge is -2.71. The lowest BCUT2D eigenvalue weighted by atomic mass is 9.32. The fourth-order valence-electron chi connectivity index (χ4n) is 31.8. The van der Waals surface area contributed by atoms with Gasteiger partial charge in [-0.1, -0.05) is 398 Å². The Morgan fingerprint density at radius 1 is 0.164 bits per heavy atom. The van der Waals surface area contributed by atoms with Gasteiger partial charge in [0.1, 0.15) is 44.1 Å². The van der Waals surface area contributed by atoms with E-state index in [1.807, 2.05) is 0 Å². The minimum atomic E-state index is -0.285. The molecule has 0 spiro atoms. The van der Waals surface area contributed by atoms with Gasteiger partial charge in [-0.05, 0) is 292 Å².